The third-order valence-electron chi connectivity index (χ3n) is 2.79. The Kier molecular flexibility index (Phi) is 3.39. The summed E-state index contributed by atoms with van der Waals surface area (Å²) in [6, 6.07) is 6.71. The fraction of sp³-hybridized carbons (Fsp3) is 0.143. The molecule has 0 aliphatic carbocycles. The monoisotopic (exact) mass is 251 g/mol. The third-order valence-corrected chi connectivity index (χ3v) is 2.79. The molecule has 0 spiro atoms. The highest BCUT2D eigenvalue weighted by Crippen LogP contribution is 2.29. The highest BCUT2D eigenvalue weighted by atomic mass is 19.2. The molecule has 0 bridgehead atoms. The second-order valence-corrected chi connectivity index (χ2v) is 4.11. The van der Waals surface area contributed by atoms with Crippen LogP contribution in [0.3, 0.4) is 0 Å². The zero-order valence-corrected chi connectivity index (χ0v) is 9.81. The van der Waals surface area contributed by atoms with Crippen molar-refractivity contribution < 1.29 is 13.2 Å². The quantitative estimate of drug-likeness (QED) is 0.812. The molecule has 94 valence electrons. The molecule has 0 amide bonds. The van der Waals surface area contributed by atoms with Gasteiger partial charge < -0.3 is 5.73 Å². The van der Waals surface area contributed by atoms with Gasteiger partial charge in [0, 0.05) is 18.2 Å². The summed E-state index contributed by atoms with van der Waals surface area (Å²) in [6.07, 6.45) is 0. The van der Waals surface area contributed by atoms with Crippen LogP contribution < -0.4 is 5.73 Å². The van der Waals surface area contributed by atoms with E-state index in [0.29, 0.717) is 17.2 Å². The zero-order chi connectivity index (χ0) is 13.3. The van der Waals surface area contributed by atoms with Crippen molar-refractivity contribution in [2.45, 2.75) is 13.5 Å². The molecule has 0 saturated heterocycles. The summed E-state index contributed by atoms with van der Waals surface area (Å²) in [5.74, 6) is -3.07. The van der Waals surface area contributed by atoms with Crippen LogP contribution in [-0.4, -0.2) is 0 Å². The Morgan fingerprint density at radius 1 is 0.889 bits per heavy atom. The average Bonchev–Trinajstić information content (AvgIpc) is 2.34. The fourth-order valence-corrected chi connectivity index (χ4v) is 1.85. The molecule has 0 radical (unpaired) electrons. The van der Waals surface area contributed by atoms with Crippen molar-refractivity contribution in [1.82, 2.24) is 0 Å². The van der Waals surface area contributed by atoms with Gasteiger partial charge in [0.25, 0.3) is 0 Å². The summed E-state index contributed by atoms with van der Waals surface area (Å²) in [5, 5.41) is 0. The van der Waals surface area contributed by atoms with Gasteiger partial charge in [-0.2, -0.15) is 0 Å². The van der Waals surface area contributed by atoms with Crippen LogP contribution in [0.15, 0.2) is 30.3 Å². The van der Waals surface area contributed by atoms with Gasteiger partial charge in [0.1, 0.15) is 5.82 Å². The van der Waals surface area contributed by atoms with Crippen LogP contribution >= 0.6 is 0 Å². The van der Waals surface area contributed by atoms with Gasteiger partial charge in [-0.15, -0.1) is 0 Å². The van der Waals surface area contributed by atoms with E-state index < -0.39 is 17.5 Å². The number of rotatable bonds is 2. The molecule has 0 unspecified atom stereocenters. The number of aryl methyl sites for hydroxylation is 1. The number of nitrogens with two attached hydrogens (primary N) is 1. The van der Waals surface area contributed by atoms with Crippen molar-refractivity contribution in [2.24, 2.45) is 5.73 Å². The second-order valence-electron chi connectivity index (χ2n) is 4.11. The minimum atomic E-state index is -1.20. The number of benzene rings is 2. The van der Waals surface area contributed by atoms with E-state index in [1.54, 1.807) is 12.1 Å². The largest absolute Gasteiger partial charge is 0.326 e. The molecule has 2 aromatic carbocycles. The fourth-order valence-electron chi connectivity index (χ4n) is 1.85. The first kappa shape index (κ1) is 12.6. The maximum absolute atomic E-state index is 13.7. The summed E-state index contributed by atoms with van der Waals surface area (Å²) < 4.78 is 39.8. The van der Waals surface area contributed by atoms with Crippen molar-refractivity contribution >= 4 is 0 Å². The predicted octanol–water partition coefficient (Wildman–Crippen LogP) is 3.54. The summed E-state index contributed by atoms with van der Waals surface area (Å²) in [7, 11) is 0. The molecule has 0 saturated carbocycles. The van der Waals surface area contributed by atoms with Gasteiger partial charge in [0.05, 0.1) is 0 Å². The summed E-state index contributed by atoms with van der Waals surface area (Å²) in [4.78, 5) is 0. The second kappa shape index (κ2) is 4.82. The maximum Gasteiger partial charge on any atom is 0.161 e. The van der Waals surface area contributed by atoms with Crippen molar-refractivity contribution in [1.29, 1.82) is 0 Å². The molecule has 4 heteroatoms. The maximum atomic E-state index is 13.7. The Morgan fingerprint density at radius 3 is 2.22 bits per heavy atom. The van der Waals surface area contributed by atoms with E-state index in [1.165, 1.54) is 0 Å². The van der Waals surface area contributed by atoms with Gasteiger partial charge in [-0.3, -0.25) is 0 Å². The van der Waals surface area contributed by atoms with Crippen LogP contribution in [0.1, 0.15) is 11.1 Å². The molecule has 0 aromatic heterocycles. The molecule has 0 heterocycles. The minimum absolute atomic E-state index is 0.0260. The van der Waals surface area contributed by atoms with Crippen LogP contribution in [0.2, 0.25) is 0 Å². The van der Waals surface area contributed by atoms with Gasteiger partial charge in [0.15, 0.2) is 11.6 Å². The molecule has 2 aromatic rings. The van der Waals surface area contributed by atoms with Crippen LogP contribution in [0.5, 0.6) is 0 Å². The van der Waals surface area contributed by atoms with Crippen molar-refractivity contribution in [3.63, 3.8) is 0 Å². The van der Waals surface area contributed by atoms with E-state index in [9.17, 15) is 13.2 Å². The number of halogens is 3. The smallest absolute Gasteiger partial charge is 0.161 e. The first-order valence-electron chi connectivity index (χ1n) is 5.47. The summed E-state index contributed by atoms with van der Waals surface area (Å²) >= 11 is 0. The topological polar surface area (TPSA) is 26.0 Å². The molecule has 2 rings (SSSR count). The molecule has 0 atom stereocenters. The third kappa shape index (κ3) is 2.24. The van der Waals surface area contributed by atoms with Crippen LogP contribution in [0, 0.1) is 24.4 Å². The average molecular weight is 251 g/mol. The van der Waals surface area contributed by atoms with E-state index in [4.69, 9.17) is 5.73 Å². The molecule has 1 nitrogen and oxygen atoms in total. The first-order valence-corrected chi connectivity index (χ1v) is 5.47. The summed E-state index contributed by atoms with van der Waals surface area (Å²) in [6.45, 7) is 2.04. The number of hydrogen-bond acceptors (Lipinski definition) is 1. The zero-order valence-electron chi connectivity index (χ0n) is 9.81. The van der Waals surface area contributed by atoms with Crippen molar-refractivity contribution in [3.8, 4) is 11.1 Å². The molecule has 2 N–H and O–H groups in total. The Balaban J connectivity index is 2.68. The van der Waals surface area contributed by atoms with Crippen LogP contribution in [0.25, 0.3) is 11.1 Å². The van der Waals surface area contributed by atoms with E-state index in [2.05, 4.69) is 0 Å². The minimum Gasteiger partial charge on any atom is -0.326 e. The Labute approximate surface area is 103 Å². The Bertz CT molecular complexity index is 594. The van der Waals surface area contributed by atoms with E-state index in [1.807, 2.05) is 13.0 Å². The summed E-state index contributed by atoms with van der Waals surface area (Å²) in [5.41, 5.74) is 7.67. The van der Waals surface area contributed by atoms with E-state index in [0.717, 1.165) is 11.6 Å². The Morgan fingerprint density at radius 2 is 1.56 bits per heavy atom. The highest BCUT2D eigenvalue weighted by Gasteiger charge is 2.14. The standard InChI is InChI=1S/C14H12F3N/c1-8-2-3-9(7-18)10(4-8)11-5-13(16)14(17)6-12(11)15/h2-6H,7,18H2,1H3. The normalized spacial score (nSPS) is 10.7. The SMILES string of the molecule is Cc1ccc(CN)c(-c2cc(F)c(F)cc2F)c1. The predicted molar refractivity (Wildman–Crippen MR) is 64.4 cm³/mol. The number of hydrogen-bond donors (Lipinski definition) is 1. The molecule has 0 aliphatic heterocycles. The molecule has 18 heavy (non-hydrogen) atoms. The van der Waals surface area contributed by atoms with Gasteiger partial charge >= 0.3 is 0 Å². The van der Waals surface area contributed by atoms with Gasteiger partial charge in [-0.1, -0.05) is 23.8 Å². The molecular formula is C14H12F3N. The van der Waals surface area contributed by atoms with Gasteiger partial charge in [-0.05, 0) is 24.1 Å². The molecule has 0 fully saturated rings. The lowest BCUT2D eigenvalue weighted by molar-refractivity contribution is 0.496. The van der Waals surface area contributed by atoms with Crippen LogP contribution in [-0.2, 0) is 6.54 Å². The van der Waals surface area contributed by atoms with E-state index in [-0.39, 0.29) is 12.1 Å². The lowest BCUT2D eigenvalue weighted by atomic mass is 9.97. The van der Waals surface area contributed by atoms with E-state index >= 15 is 0 Å². The van der Waals surface area contributed by atoms with Crippen molar-refractivity contribution in [2.75, 3.05) is 0 Å². The van der Waals surface area contributed by atoms with Gasteiger partial charge in [-0.25, -0.2) is 13.2 Å². The lowest BCUT2D eigenvalue weighted by Gasteiger charge is -2.10. The molecular weight excluding hydrogens is 239 g/mol. The van der Waals surface area contributed by atoms with Gasteiger partial charge in [0.2, 0.25) is 0 Å². The Hall–Kier alpha value is -1.81. The lowest BCUT2D eigenvalue weighted by Crippen LogP contribution is -2.01. The first-order chi connectivity index (χ1) is 8.52. The van der Waals surface area contributed by atoms with Crippen molar-refractivity contribution in [3.05, 3.63) is 58.9 Å². The highest BCUT2D eigenvalue weighted by molar-refractivity contribution is 5.69. The van der Waals surface area contributed by atoms with Crippen LogP contribution in [0.4, 0.5) is 13.2 Å². The molecule has 0 aliphatic rings.